The number of aromatic hydroxyl groups is 1. The van der Waals surface area contributed by atoms with Crippen LogP contribution < -0.4 is 5.32 Å². The lowest BCUT2D eigenvalue weighted by Gasteiger charge is -2.02. The Morgan fingerprint density at radius 2 is 1.92 bits per heavy atom. The van der Waals surface area contributed by atoms with Crippen molar-refractivity contribution in [2.24, 2.45) is 4.99 Å². The maximum atomic E-state index is 12.9. The summed E-state index contributed by atoms with van der Waals surface area (Å²) in [6.07, 6.45) is 1.58. The Kier molecular flexibility index (Phi) is 4.53. The van der Waals surface area contributed by atoms with Crippen LogP contribution in [0.3, 0.4) is 0 Å². The first-order chi connectivity index (χ1) is 11.9. The summed E-state index contributed by atoms with van der Waals surface area (Å²) in [4.78, 5) is 27.7. The molecule has 1 amide bonds. The fraction of sp³-hybridized carbons (Fsp3) is 0. The Bertz CT molecular complexity index is 923. The van der Waals surface area contributed by atoms with E-state index in [-0.39, 0.29) is 33.9 Å². The fourth-order valence-corrected chi connectivity index (χ4v) is 2.93. The number of carboxylic acid groups (broad SMARTS) is 1. The van der Waals surface area contributed by atoms with E-state index in [1.807, 2.05) is 0 Å². The summed E-state index contributed by atoms with van der Waals surface area (Å²) in [5, 5.41) is 21.3. The van der Waals surface area contributed by atoms with Gasteiger partial charge in [0.2, 0.25) is 0 Å². The summed E-state index contributed by atoms with van der Waals surface area (Å²) >= 11 is 1.04. The summed E-state index contributed by atoms with van der Waals surface area (Å²) in [6.45, 7) is 0. The number of carbonyl (C=O) groups is 2. The highest BCUT2D eigenvalue weighted by Gasteiger charge is 2.24. The minimum atomic E-state index is -1.24. The monoisotopic (exact) mass is 358 g/mol. The van der Waals surface area contributed by atoms with Crippen molar-refractivity contribution in [1.29, 1.82) is 0 Å². The van der Waals surface area contributed by atoms with Crippen LogP contribution in [0, 0.1) is 5.82 Å². The molecule has 126 valence electrons. The van der Waals surface area contributed by atoms with Gasteiger partial charge in [0.25, 0.3) is 5.91 Å². The van der Waals surface area contributed by atoms with Gasteiger partial charge in [-0.3, -0.25) is 4.79 Å². The van der Waals surface area contributed by atoms with E-state index < -0.39 is 5.97 Å². The Morgan fingerprint density at radius 1 is 1.20 bits per heavy atom. The van der Waals surface area contributed by atoms with Crippen LogP contribution in [0.4, 0.5) is 10.1 Å². The third-order valence-electron chi connectivity index (χ3n) is 3.25. The highest BCUT2D eigenvalue weighted by atomic mass is 32.2. The Labute approximate surface area is 145 Å². The molecule has 3 N–H and O–H groups in total. The van der Waals surface area contributed by atoms with Crippen molar-refractivity contribution in [2.45, 2.75) is 0 Å². The summed E-state index contributed by atoms with van der Waals surface area (Å²) in [7, 11) is 0. The average Bonchev–Trinajstić information content (AvgIpc) is 2.90. The lowest BCUT2D eigenvalue weighted by molar-refractivity contribution is -0.115. The van der Waals surface area contributed by atoms with E-state index in [1.165, 1.54) is 36.4 Å². The number of carboxylic acids is 1. The molecule has 1 saturated heterocycles. The number of hydrogen-bond acceptors (Lipinski definition) is 5. The molecule has 8 heteroatoms. The van der Waals surface area contributed by atoms with Crippen LogP contribution in [0.1, 0.15) is 15.9 Å². The number of nitrogens with zero attached hydrogens (tertiary/aromatic N) is 1. The number of amidine groups is 1. The minimum absolute atomic E-state index is 0.108. The van der Waals surface area contributed by atoms with Crippen LogP contribution in [0.15, 0.2) is 52.4 Å². The molecule has 25 heavy (non-hydrogen) atoms. The quantitative estimate of drug-likeness (QED) is 0.732. The standard InChI is InChI=1S/C17H11FN2O4S/c18-10-3-1-9(2-4-10)7-14-15(22)20-17(25-14)19-13-6-5-11(21)8-12(13)16(23)24/h1-8,21H,(H,23,24)(H,19,20,22)/b14-7-. The van der Waals surface area contributed by atoms with Gasteiger partial charge in [0.15, 0.2) is 5.17 Å². The van der Waals surface area contributed by atoms with E-state index in [1.54, 1.807) is 6.08 Å². The van der Waals surface area contributed by atoms with Crippen LogP contribution in [-0.4, -0.2) is 27.3 Å². The highest BCUT2D eigenvalue weighted by Crippen LogP contribution is 2.30. The van der Waals surface area contributed by atoms with Crippen molar-refractivity contribution in [3.05, 3.63) is 64.3 Å². The largest absolute Gasteiger partial charge is 0.508 e. The van der Waals surface area contributed by atoms with Crippen LogP contribution in [-0.2, 0) is 4.79 Å². The van der Waals surface area contributed by atoms with Crippen LogP contribution in [0.25, 0.3) is 6.08 Å². The predicted molar refractivity (Wildman–Crippen MR) is 92.3 cm³/mol. The first kappa shape index (κ1) is 16.7. The Hall–Kier alpha value is -3.13. The lowest BCUT2D eigenvalue weighted by Crippen LogP contribution is -2.19. The zero-order valence-corrected chi connectivity index (χ0v) is 13.4. The third kappa shape index (κ3) is 3.86. The number of rotatable bonds is 3. The van der Waals surface area contributed by atoms with E-state index in [4.69, 9.17) is 5.11 Å². The maximum Gasteiger partial charge on any atom is 0.338 e. The van der Waals surface area contributed by atoms with E-state index in [2.05, 4.69) is 10.3 Å². The minimum Gasteiger partial charge on any atom is -0.508 e. The number of halogens is 1. The summed E-state index contributed by atoms with van der Waals surface area (Å²) in [5.74, 6) is -2.20. The van der Waals surface area contributed by atoms with E-state index >= 15 is 0 Å². The molecule has 6 nitrogen and oxygen atoms in total. The van der Waals surface area contributed by atoms with Gasteiger partial charge in [-0.25, -0.2) is 14.2 Å². The van der Waals surface area contributed by atoms with Crippen molar-refractivity contribution >= 4 is 40.6 Å². The molecule has 0 unspecified atom stereocenters. The Morgan fingerprint density at radius 3 is 2.60 bits per heavy atom. The van der Waals surface area contributed by atoms with Gasteiger partial charge in [0.05, 0.1) is 16.2 Å². The molecule has 0 radical (unpaired) electrons. The molecular weight excluding hydrogens is 347 g/mol. The van der Waals surface area contributed by atoms with Gasteiger partial charge in [-0.2, -0.15) is 0 Å². The topological polar surface area (TPSA) is 99.0 Å². The van der Waals surface area contributed by atoms with E-state index in [0.717, 1.165) is 17.8 Å². The molecule has 1 heterocycles. The molecule has 0 bridgehead atoms. The maximum absolute atomic E-state index is 12.9. The predicted octanol–water partition coefficient (Wildman–Crippen LogP) is 3.12. The van der Waals surface area contributed by atoms with Gasteiger partial charge in [-0.1, -0.05) is 12.1 Å². The second-order valence-electron chi connectivity index (χ2n) is 5.04. The molecule has 0 spiro atoms. The number of carbonyl (C=O) groups excluding carboxylic acids is 1. The summed E-state index contributed by atoms with van der Waals surface area (Å²) < 4.78 is 12.9. The summed E-state index contributed by atoms with van der Waals surface area (Å²) in [5.41, 5.74) is 0.575. The van der Waals surface area contributed by atoms with Crippen LogP contribution >= 0.6 is 11.8 Å². The number of hydrogen-bond donors (Lipinski definition) is 3. The molecule has 2 aromatic rings. The number of phenolic OH excluding ortho intramolecular Hbond substituents is 1. The normalized spacial score (nSPS) is 17.1. The van der Waals surface area contributed by atoms with Crippen molar-refractivity contribution < 1.29 is 24.2 Å². The van der Waals surface area contributed by atoms with Crippen molar-refractivity contribution in [1.82, 2.24) is 5.32 Å². The van der Waals surface area contributed by atoms with Crippen LogP contribution in [0.2, 0.25) is 0 Å². The van der Waals surface area contributed by atoms with Gasteiger partial charge >= 0.3 is 5.97 Å². The van der Waals surface area contributed by atoms with Gasteiger partial charge < -0.3 is 15.5 Å². The fourth-order valence-electron chi connectivity index (χ4n) is 2.09. The van der Waals surface area contributed by atoms with E-state index in [0.29, 0.717) is 10.5 Å². The highest BCUT2D eigenvalue weighted by molar-refractivity contribution is 8.18. The average molecular weight is 358 g/mol. The summed E-state index contributed by atoms with van der Waals surface area (Å²) in [6, 6.07) is 9.38. The second-order valence-corrected chi connectivity index (χ2v) is 6.07. The van der Waals surface area contributed by atoms with Crippen molar-refractivity contribution in [2.75, 3.05) is 0 Å². The molecule has 0 aromatic heterocycles. The molecule has 3 rings (SSSR count). The van der Waals surface area contributed by atoms with Gasteiger partial charge in [-0.15, -0.1) is 0 Å². The number of aliphatic imine (C=N–C) groups is 1. The number of thioether (sulfide) groups is 1. The number of benzene rings is 2. The van der Waals surface area contributed by atoms with E-state index in [9.17, 15) is 19.1 Å². The Balaban J connectivity index is 1.89. The first-order valence-corrected chi connectivity index (χ1v) is 7.85. The number of amides is 1. The van der Waals surface area contributed by atoms with Gasteiger partial charge in [0.1, 0.15) is 11.6 Å². The smallest absolute Gasteiger partial charge is 0.338 e. The van der Waals surface area contributed by atoms with Gasteiger partial charge in [0, 0.05) is 0 Å². The second kappa shape index (κ2) is 6.78. The SMILES string of the molecule is O=C1NC(=Nc2ccc(O)cc2C(=O)O)S/C1=C\c1ccc(F)cc1. The molecule has 0 aliphatic carbocycles. The molecular formula is C17H11FN2O4S. The molecule has 1 aliphatic heterocycles. The number of aromatic carboxylic acids is 1. The third-order valence-corrected chi connectivity index (χ3v) is 4.16. The van der Waals surface area contributed by atoms with Crippen LogP contribution in [0.5, 0.6) is 5.75 Å². The van der Waals surface area contributed by atoms with Crippen molar-refractivity contribution in [3.8, 4) is 5.75 Å². The van der Waals surface area contributed by atoms with Gasteiger partial charge in [-0.05, 0) is 53.7 Å². The zero-order valence-electron chi connectivity index (χ0n) is 12.6. The number of phenols is 1. The number of nitrogens with one attached hydrogen (secondary N) is 1. The molecule has 0 saturated carbocycles. The molecule has 2 aromatic carbocycles. The van der Waals surface area contributed by atoms with Crippen molar-refractivity contribution in [3.63, 3.8) is 0 Å². The first-order valence-electron chi connectivity index (χ1n) is 7.04. The molecule has 1 aliphatic rings. The molecule has 0 atom stereocenters. The molecule has 1 fully saturated rings. The lowest BCUT2D eigenvalue weighted by atomic mass is 10.2. The zero-order chi connectivity index (χ0) is 18.0.